The van der Waals surface area contributed by atoms with Crippen molar-refractivity contribution in [1.29, 1.82) is 0 Å². The highest BCUT2D eigenvalue weighted by molar-refractivity contribution is 5.95. The third-order valence-electron chi connectivity index (χ3n) is 7.76. The van der Waals surface area contributed by atoms with E-state index in [2.05, 4.69) is 20.4 Å². The minimum absolute atomic E-state index is 0.583. The largest absolute Gasteiger partial charge is 0.256 e. The fraction of sp³-hybridized carbons (Fsp3) is 0. The average molecular weight is 568 g/mol. The van der Waals surface area contributed by atoms with E-state index in [-0.39, 0.29) is 0 Å². The van der Waals surface area contributed by atoms with Gasteiger partial charge in [-0.2, -0.15) is 0 Å². The van der Waals surface area contributed by atoms with Crippen LogP contribution in [0.4, 0.5) is 0 Å². The van der Waals surface area contributed by atoms with Crippen molar-refractivity contribution in [1.82, 2.24) is 44.1 Å². The van der Waals surface area contributed by atoms with Crippen molar-refractivity contribution in [2.24, 2.45) is 0 Å². The van der Waals surface area contributed by atoms with Crippen LogP contribution in [-0.2, 0) is 0 Å². The van der Waals surface area contributed by atoms with Crippen molar-refractivity contribution in [2.75, 3.05) is 0 Å². The molecule has 0 aliphatic heterocycles. The minimum atomic E-state index is 0.583. The lowest BCUT2D eigenvalue weighted by molar-refractivity contribution is 1.05. The van der Waals surface area contributed by atoms with Crippen LogP contribution in [0.1, 0.15) is 0 Å². The Hall–Kier alpha value is -6.35. The molecule has 5 aromatic heterocycles. The van der Waals surface area contributed by atoms with Crippen LogP contribution in [0.25, 0.3) is 78.9 Å². The van der Waals surface area contributed by atoms with Gasteiger partial charge in [0.05, 0.1) is 11.0 Å². The summed E-state index contributed by atoms with van der Waals surface area (Å²) >= 11 is 0. The molecule has 0 bridgehead atoms. The summed E-state index contributed by atoms with van der Waals surface area (Å²) in [5, 5.41) is 20.4. The monoisotopic (exact) mass is 567 g/mol. The number of rotatable bonds is 4. The molecule has 0 spiro atoms. The maximum Gasteiger partial charge on any atom is 0.188 e. The predicted molar refractivity (Wildman–Crippen MR) is 170 cm³/mol. The maximum absolute atomic E-state index is 5.09. The molecule has 0 radical (unpaired) electrons. The molecule has 0 atom stereocenters. The lowest BCUT2D eigenvalue weighted by Crippen LogP contribution is -2.03. The molecule has 4 aromatic carbocycles. The molecule has 0 unspecified atom stereocenters. The molecule has 9 nitrogen and oxygen atoms in total. The normalized spacial score (nSPS) is 11.6. The van der Waals surface area contributed by atoms with Gasteiger partial charge in [0, 0.05) is 21.9 Å². The summed E-state index contributed by atoms with van der Waals surface area (Å²) < 4.78 is 3.96. The first-order valence-electron chi connectivity index (χ1n) is 14.2. The Labute approximate surface area is 250 Å². The van der Waals surface area contributed by atoms with E-state index in [4.69, 9.17) is 15.0 Å². The standard InChI is InChI=1S/C35H21N9/c1-3-12-22(13-4-1)30-37-26-18-9-7-16-24(26)32-39-41-34(43(30)32)28-20-11-21-29(36-28)35-42-40-33-25-17-8-10-19-27(25)38-31(44(33)35)23-14-5-2-6-15-23/h1-21H. The van der Waals surface area contributed by atoms with E-state index < -0.39 is 0 Å². The van der Waals surface area contributed by atoms with E-state index in [1.165, 1.54) is 0 Å². The van der Waals surface area contributed by atoms with Gasteiger partial charge < -0.3 is 0 Å². The number of fused-ring (bicyclic) bond motifs is 6. The summed E-state index contributed by atoms with van der Waals surface area (Å²) in [6.45, 7) is 0. The molecule has 44 heavy (non-hydrogen) atoms. The van der Waals surface area contributed by atoms with Crippen LogP contribution >= 0.6 is 0 Å². The molecular weight excluding hydrogens is 546 g/mol. The summed E-state index contributed by atoms with van der Waals surface area (Å²) in [5.74, 6) is 2.64. The van der Waals surface area contributed by atoms with E-state index >= 15 is 0 Å². The molecule has 0 aliphatic carbocycles. The van der Waals surface area contributed by atoms with Crippen molar-refractivity contribution in [3.63, 3.8) is 0 Å². The van der Waals surface area contributed by atoms with Gasteiger partial charge in [-0.25, -0.2) is 15.0 Å². The highest BCUT2D eigenvalue weighted by Crippen LogP contribution is 2.32. The third kappa shape index (κ3) is 3.69. The van der Waals surface area contributed by atoms with Gasteiger partial charge in [0.1, 0.15) is 23.0 Å². The SMILES string of the molecule is c1ccc(-c2nc3ccccc3c3nnc(-c4cccc(-c5nnc6c7ccccc7nc(-c7ccccc7)n56)n4)n23)cc1. The maximum atomic E-state index is 5.09. The molecule has 0 saturated heterocycles. The van der Waals surface area contributed by atoms with Crippen LogP contribution in [0.3, 0.4) is 0 Å². The molecule has 5 heterocycles. The highest BCUT2D eigenvalue weighted by atomic mass is 15.3. The fourth-order valence-electron chi connectivity index (χ4n) is 5.74. The Bertz CT molecular complexity index is 2330. The number of hydrogen-bond acceptors (Lipinski definition) is 7. The Balaban J connectivity index is 1.29. The van der Waals surface area contributed by atoms with Crippen molar-refractivity contribution in [3.8, 4) is 45.8 Å². The summed E-state index contributed by atoms with van der Waals surface area (Å²) in [4.78, 5) is 15.2. The molecule has 9 rings (SSSR count). The van der Waals surface area contributed by atoms with E-state index in [0.29, 0.717) is 34.3 Å². The average Bonchev–Trinajstić information content (AvgIpc) is 3.75. The second kappa shape index (κ2) is 9.60. The first-order valence-corrected chi connectivity index (χ1v) is 14.2. The Morgan fingerprint density at radius 2 is 0.773 bits per heavy atom. The van der Waals surface area contributed by atoms with Gasteiger partial charge in [-0.15, -0.1) is 20.4 Å². The van der Waals surface area contributed by atoms with Gasteiger partial charge in [0.2, 0.25) is 0 Å². The topological polar surface area (TPSA) is 99.0 Å². The van der Waals surface area contributed by atoms with Crippen LogP contribution in [0.2, 0.25) is 0 Å². The molecule has 9 heteroatoms. The Morgan fingerprint density at radius 1 is 0.341 bits per heavy atom. The first-order chi connectivity index (χ1) is 21.8. The number of nitrogens with zero attached hydrogens (tertiary/aromatic N) is 9. The number of hydrogen-bond donors (Lipinski definition) is 0. The zero-order valence-electron chi connectivity index (χ0n) is 23.1. The zero-order chi connectivity index (χ0) is 29.0. The second-order valence-electron chi connectivity index (χ2n) is 10.4. The van der Waals surface area contributed by atoms with Crippen LogP contribution in [0.5, 0.6) is 0 Å². The summed E-state index contributed by atoms with van der Waals surface area (Å²) in [6.07, 6.45) is 0. The lowest BCUT2D eigenvalue weighted by atomic mass is 10.1. The van der Waals surface area contributed by atoms with Crippen molar-refractivity contribution in [3.05, 3.63) is 127 Å². The van der Waals surface area contributed by atoms with E-state index in [1.54, 1.807) is 0 Å². The van der Waals surface area contributed by atoms with E-state index in [1.807, 2.05) is 136 Å². The molecule has 206 valence electrons. The van der Waals surface area contributed by atoms with Gasteiger partial charge >= 0.3 is 0 Å². The molecular formula is C35H21N9. The summed E-state index contributed by atoms with van der Waals surface area (Å²) in [7, 11) is 0. The fourth-order valence-corrected chi connectivity index (χ4v) is 5.74. The molecule has 0 amide bonds. The van der Waals surface area contributed by atoms with E-state index in [9.17, 15) is 0 Å². The number of benzene rings is 4. The van der Waals surface area contributed by atoms with Gasteiger partial charge in [0.15, 0.2) is 22.9 Å². The van der Waals surface area contributed by atoms with Crippen molar-refractivity contribution in [2.45, 2.75) is 0 Å². The van der Waals surface area contributed by atoms with Crippen LogP contribution < -0.4 is 0 Å². The highest BCUT2D eigenvalue weighted by Gasteiger charge is 2.21. The van der Waals surface area contributed by atoms with Gasteiger partial charge in [-0.05, 0) is 36.4 Å². The molecule has 9 aromatic rings. The Morgan fingerprint density at radius 3 is 1.25 bits per heavy atom. The Kier molecular flexibility index (Phi) is 5.30. The number of pyridine rings is 1. The second-order valence-corrected chi connectivity index (χ2v) is 10.4. The quantitative estimate of drug-likeness (QED) is 0.227. The lowest BCUT2D eigenvalue weighted by Gasteiger charge is -2.11. The van der Waals surface area contributed by atoms with Gasteiger partial charge in [0.25, 0.3) is 0 Å². The predicted octanol–water partition coefficient (Wildman–Crippen LogP) is 6.93. The van der Waals surface area contributed by atoms with Gasteiger partial charge in [-0.1, -0.05) is 91.0 Å². The summed E-state index contributed by atoms with van der Waals surface area (Å²) in [5.41, 5.74) is 6.30. The van der Waals surface area contributed by atoms with Crippen molar-refractivity contribution < 1.29 is 0 Å². The number of aromatic nitrogens is 9. The van der Waals surface area contributed by atoms with Crippen molar-refractivity contribution >= 4 is 33.1 Å². The summed E-state index contributed by atoms with van der Waals surface area (Å²) in [6, 6.07) is 41.9. The van der Waals surface area contributed by atoms with Gasteiger partial charge in [-0.3, -0.25) is 8.80 Å². The first kappa shape index (κ1) is 24.3. The van der Waals surface area contributed by atoms with Crippen LogP contribution in [0.15, 0.2) is 127 Å². The van der Waals surface area contributed by atoms with E-state index in [0.717, 1.165) is 44.6 Å². The number of para-hydroxylation sites is 2. The minimum Gasteiger partial charge on any atom is -0.256 e. The molecule has 0 aliphatic rings. The van der Waals surface area contributed by atoms with Crippen LogP contribution in [0, 0.1) is 0 Å². The zero-order valence-corrected chi connectivity index (χ0v) is 23.1. The smallest absolute Gasteiger partial charge is 0.188 e. The molecule has 0 fully saturated rings. The molecule has 0 saturated carbocycles. The van der Waals surface area contributed by atoms with Crippen LogP contribution in [-0.4, -0.2) is 44.1 Å². The third-order valence-corrected chi connectivity index (χ3v) is 7.76. The molecule has 0 N–H and O–H groups in total.